The highest BCUT2D eigenvalue weighted by molar-refractivity contribution is 5.14. The topological polar surface area (TPSA) is 96.5 Å². The van der Waals surface area contributed by atoms with E-state index in [1.54, 1.807) is 7.11 Å². The summed E-state index contributed by atoms with van der Waals surface area (Å²) in [5.41, 5.74) is 16.2. The van der Waals surface area contributed by atoms with Gasteiger partial charge in [-0.15, -0.1) is 0 Å². The lowest BCUT2D eigenvalue weighted by Crippen LogP contribution is -2.10. The van der Waals surface area contributed by atoms with Crippen molar-refractivity contribution >= 4 is 0 Å². The fourth-order valence-corrected chi connectivity index (χ4v) is 0.497. The van der Waals surface area contributed by atoms with E-state index in [1.165, 1.54) is 12.3 Å². The zero-order valence-corrected chi connectivity index (χ0v) is 7.12. The van der Waals surface area contributed by atoms with E-state index >= 15 is 0 Å². The first-order chi connectivity index (χ1) is 5.70. The van der Waals surface area contributed by atoms with Crippen LogP contribution in [0, 0.1) is 0 Å². The molecule has 0 fully saturated rings. The predicted molar refractivity (Wildman–Crippen MR) is 46.6 cm³/mol. The Hall–Kier alpha value is -1.36. The maximum Gasteiger partial charge on any atom is 0.186 e. The van der Waals surface area contributed by atoms with E-state index in [0.29, 0.717) is 18.9 Å². The van der Waals surface area contributed by atoms with Gasteiger partial charge in [0.15, 0.2) is 5.88 Å². The standard InChI is InChI=1S/C7H15N3O2/c1-11-2-3-12-7(10)4-6(9)5-8/h4-5H,2-3,8-10H2,1H3/b6-5+,7-4+. The van der Waals surface area contributed by atoms with Gasteiger partial charge in [0.2, 0.25) is 0 Å². The van der Waals surface area contributed by atoms with Gasteiger partial charge >= 0.3 is 0 Å². The van der Waals surface area contributed by atoms with E-state index in [2.05, 4.69) is 0 Å². The molecule has 0 atom stereocenters. The van der Waals surface area contributed by atoms with Gasteiger partial charge in [-0.3, -0.25) is 0 Å². The molecule has 0 aromatic carbocycles. The molecule has 6 N–H and O–H groups in total. The predicted octanol–water partition coefficient (Wildman–Crippen LogP) is -0.792. The van der Waals surface area contributed by atoms with E-state index < -0.39 is 0 Å². The van der Waals surface area contributed by atoms with Crippen LogP contribution in [-0.4, -0.2) is 20.3 Å². The Morgan fingerprint density at radius 2 is 2.00 bits per heavy atom. The molecule has 0 radical (unpaired) electrons. The molecule has 0 aliphatic rings. The van der Waals surface area contributed by atoms with Crippen LogP contribution in [0.5, 0.6) is 0 Å². The molecule has 0 unspecified atom stereocenters. The number of ether oxygens (including phenoxy) is 2. The molecule has 0 spiro atoms. The molecular weight excluding hydrogens is 158 g/mol. The first-order valence-electron chi connectivity index (χ1n) is 3.47. The summed E-state index contributed by atoms with van der Waals surface area (Å²) in [7, 11) is 1.58. The first-order valence-corrected chi connectivity index (χ1v) is 3.47. The minimum absolute atomic E-state index is 0.228. The molecule has 0 amide bonds. The second-order valence-corrected chi connectivity index (χ2v) is 2.05. The largest absolute Gasteiger partial charge is 0.477 e. The molecule has 5 heteroatoms. The smallest absolute Gasteiger partial charge is 0.186 e. The fourth-order valence-electron chi connectivity index (χ4n) is 0.497. The first kappa shape index (κ1) is 10.6. The molecule has 0 saturated carbocycles. The number of methoxy groups -OCH3 is 1. The lowest BCUT2D eigenvalue weighted by Gasteiger charge is -2.04. The van der Waals surface area contributed by atoms with Gasteiger partial charge in [-0.1, -0.05) is 0 Å². The summed E-state index contributed by atoms with van der Waals surface area (Å²) in [6.45, 7) is 0.886. The van der Waals surface area contributed by atoms with E-state index in [9.17, 15) is 0 Å². The summed E-state index contributed by atoms with van der Waals surface area (Å²) in [5, 5.41) is 0. The Labute approximate surface area is 71.8 Å². The van der Waals surface area contributed by atoms with E-state index in [0.717, 1.165) is 0 Å². The van der Waals surface area contributed by atoms with Gasteiger partial charge in [-0.05, 0) is 0 Å². The average molecular weight is 173 g/mol. The molecule has 0 heterocycles. The highest BCUT2D eigenvalue weighted by atomic mass is 16.5. The summed E-state index contributed by atoms with van der Waals surface area (Å²) in [5.74, 6) is 0.228. The van der Waals surface area contributed by atoms with Crippen LogP contribution >= 0.6 is 0 Å². The Kier molecular flexibility index (Phi) is 5.64. The Morgan fingerprint density at radius 1 is 1.33 bits per heavy atom. The normalized spacial score (nSPS) is 13.1. The monoisotopic (exact) mass is 173 g/mol. The highest BCUT2D eigenvalue weighted by Gasteiger charge is 1.90. The summed E-state index contributed by atoms with van der Waals surface area (Å²) >= 11 is 0. The van der Waals surface area contributed by atoms with Crippen LogP contribution in [0.2, 0.25) is 0 Å². The van der Waals surface area contributed by atoms with Crippen LogP contribution in [0.1, 0.15) is 0 Å². The zero-order valence-electron chi connectivity index (χ0n) is 7.12. The lowest BCUT2D eigenvalue weighted by molar-refractivity contribution is 0.108. The second-order valence-electron chi connectivity index (χ2n) is 2.05. The van der Waals surface area contributed by atoms with Gasteiger partial charge in [0.25, 0.3) is 0 Å². The molecule has 0 saturated heterocycles. The summed E-state index contributed by atoms with van der Waals surface area (Å²) in [6, 6.07) is 0. The van der Waals surface area contributed by atoms with Gasteiger partial charge in [-0.2, -0.15) is 0 Å². The zero-order chi connectivity index (χ0) is 9.40. The minimum atomic E-state index is 0.228. The Balaban J connectivity index is 3.70. The van der Waals surface area contributed by atoms with Crippen molar-refractivity contribution in [2.45, 2.75) is 0 Å². The maximum atomic E-state index is 5.40. The molecule has 0 aliphatic heterocycles. The van der Waals surface area contributed by atoms with E-state index in [-0.39, 0.29) is 5.88 Å². The van der Waals surface area contributed by atoms with Crippen molar-refractivity contribution in [1.29, 1.82) is 0 Å². The van der Waals surface area contributed by atoms with E-state index in [1.807, 2.05) is 0 Å². The van der Waals surface area contributed by atoms with Crippen molar-refractivity contribution in [2.24, 2.45) is 17.2 Å². The van der Waals surface area contributed by atoms with Crippen LogP contribution in [0.4, 0.5) is 0 Å². The van der Waals surface area contributed by atoms with Gasteiger partial charge < -0.3 is 26.7 Å². The fraction of sp³-hybridized carbons (Fsp3) is 0.429. The van der Waals surface area contributed by atoms with Crippen molar-refractivity contribution in [3.8, 4) is 0 Å². The number of nitrogens with two attached hydrogens (primary N) is 3. The molecule has 12 heavy (non-hydrogen) atoms. The van der Waals surface area contributed by atoms with Gasteiger partial charge in [0, 0.05) is 19.4 Å². The number of allylic oxidation sites excluding steroid dienone is 1. The molecule has 0 rings (SSSR count). The summed E-state index contributed by atoms with van der Waals surface area (Å²) < 4.78 is 9.74. The van der Waals surface area contributed by atoms with Crippen molar-refractivity contribution in [2.75, 3.05) is 20.3 Å². The number of hydrogen-bond donors (Lipinski definition) is 3. The molecule has 0 bridgehead atoms. The Bertz CT molecular complexity index is 177. The average Bonchev–Trinajstić information content (AvgIpc) is 2.05. The molecule has 70 valence electrons. The quantitative estimate of drug-likeness (QED) is 0.287. The molecule has 0 aromatic heterocycles. The number of rotatable bonds is 5. The highest BCUT2D eigenvalue weighted by Crippen LogP contribution is 1.91. The summed E-state index contributed by atoms with van der Waals surface area (Å²) in [4.78, 5) is 0. The minimum Gasteiger partial charge on any atom is -0.477 e. The number of hydrogen-bond acceptors (Lipinski definition) is 5. The summed E-state index contributed by atoms with van der Waals surface area (Å²) in [6.07, 6.45) is 2.68. The van der Waals surface area contributed by atoms with Crippen molar-refractivity contribution < 1.29 is 9.47 Å². The molecule has 5 nitrogen and oxygen atoms in total. The van der Waals surface area contributed by atoms with Crippen LogP contribution < -0.4 is 17.2 Å². The third-order valence-corrected chi connectivity index (χ3v) is 1.06. The van der Waals surface area contributed by atoms with Crippen molar-refractivity contribution in [3.05, 3.63) is 23.9 Å². The van der Waals surface area contributed by atoms with Crippen LogP contribution in [0.25, 0.3) is 0 Å². The van der Waals surface area contributed by atoms with Crippen molar-refractivity contribution in [3.63, 3.8) is 0 Å². The van der Waals surface area contributed by atoms with Crippen LogP contribution in [0.3, 0.4) is 0 Å². The lowest BCUT2D eigenvalue weighted by atomic mass is 10.4. The molecular formula is C7H15N3O2. The molecule has 0 aromatic rings. The van der Waals surface area contributed by atoms with Crippen LogP contribution in [-0.2, 0) is 9.47 Å². The molecule has 0 aliphatic carbocycles. The second kappa shape index (κ2) is 6.36. The van der Waals surface area contributed by atoms with Crippen molar-refractivity contribution in [1.82, 2.24) is 0 Å². The Morgan fingerprint density at radius 3 is 2.50 bits per heavy atom. The third kappa shape index (κ3) is 5.43. The maximum absolute atomic E-state index is 5.40. The SMILES string of the molecule is COCCO/C(N)=C/C(N)=C\N. The van der Waals surface area contributed by atoms with Gasteiger partial charge in [0.05, 0.1) is 12.3 Å². The van der Waals surface area contributed by atoms with Crippen LogP contribution in [0.15, 0.2) is 23.9 Å². The van der Waals surface area contributed by atoms with Gasteiger partial charge in [0.1, 0.15) is 6.61 Å². The van der Waals surface area contributed by atoms with Gasteiger partial charge in [-0.25, -0.2) is 0 Å². The third-order valence-electron chi connectivity index (χ3n) is 1.06. The van der Waals surface area contributed by atoms with E-state index in [4.69, 9.17) is 26.7 Å².